The van der Waals surface area contributed by atoms with Crippen LogP contribution in [0.3, 0.4) is 0 Å². The fourth-order valence-corrected chi connectivity index (χ4v) is 2.86. The van der Waals surface area contributed by atoms with Crippen molar-refractivity contribution in [2.45, 2.75) is 27.2 Å². The lowest BCUT2D eigenvalue weighted by Crippen LogP contribution is -2.28. The zero-order valence-corrected chi connectivity index (χ0v) is 13.3. The summed E-state index contributed by atoms with van der Waals surface area (Å²) < 4.78 is 5.31. The van der Waals surface area contributed by atoms with Gasteiger partial charge >= 0.3 is 0 Å². The fourth-order valence-electron chi connectivity index (χ4n) is 2.86. The largest absolute Gasteiger partial charge is 0.497 e. The minimum Gasteiger partial charge on any atom is -0.497 e. The molecule has 0 saturated carbocycles. The Labute approximate surface area is 126 Å². The van der Waals surface area contributed by atoms with Crippen LogP contribution in [0.5, 0.6) is 5.75 Å². The standard InChI is InChI=1S/C16H25N3O2/c1-16(2,3)11-7-8-19(10-11)14-9-12(21-4)5-6-13(14)15(17)18-20/h5-6,9,11,20H,7-8,10H2,1-4H3,(H2,17,18). The van der Waals surface area contributed by atoms with Gasteiger partial charge in [0.05, 0.1) is 12.8 Å². The van der Waals surface area contributed by atoms with Crippen molar-refractivity contribution in [1.82, 2.24) is 0 Å². The summed E-state index contributed by atoms with van der Waals surface area (Å²) >= 11 is 0. The van der Waals surface area contributed by atoms with Gasteiger partial charge in [-0.1, -0.05) is 25.9 Å². The van der Waals surface area contributed by atoms with Gasteiger partial charge in [-0.25, -0.2) is 0 Å². The van der Waals surface area contributed by atoms with Crippen LogP contribution in [-0.2, 0) is 0 Å². The summed E-state index contributed by atoms with van der Waals surface area (Å²) in [4.78, 5) is 2.30. The number of nitrogens with two attached hydrogens (primary N) is 1. The van der Waals surface area contributed by atoms with E-state index in [0.717, 1.165) is 36.5 Å². The van der Waals surface area contributed by atoms with Gasteiger partial charge in [-0.05, 0) is 29.9 Å². The molecule has 1 aliphatic rings. The highest BCUT2D eigenvalue weighted by atomic mass is 16.5. The molecule has 2 rings (SSSR count). The number of hydrogen-bond acceptors (Lipinski definition) is 4. The van der Waals surface area contributed by atoms with Crippen molar-refractivity contribution < 1.29 is 9.94 Å². The fraction of sp³-hybridized carbons (Fsp3) is 0.562. The Bertz CT molecular complexity index is 535. The van der Waals surface area contributed by atoms with Gasteiger partial charge in [0.15, 0.2) is 5.84 Å². The predicted octanol–water partition coefficient (Wildman–Crippen LogP) is 2.66. The maximum absolute atomic E-state index is 8.98. The van der Waals surface area contributed by atoms with Crippen LogP contribution in [0.4, 0.5) is 5.69 Å². The molecule has 1 aromatic carbocycles. The van der Waals surface area contributed by atoms with E-state index in [2.05, 4.69) is 30.8 Å². The molecule has 0 aliphatic carbocycles. The van der Waals surface area contributed by atoms with E-state index < -0.39 is 0 Å². The summed E-state index contributed by atoms with van der Waals surface area (Å²) in [6.07, 6.45) is 1.15. The van der Waals surface area contributed by atoms with E-state index in [1.165, 1.54) is 0 Å². The molecule has 5 heteroatoms. The van der Waals surface area contributed by atoms with Gasteiger partial charge in [-0.15, -0.1) is 0 Å². The number of anilines is 1. The van der Waals surface area contributed by atoms with Crippen molar-refractivity contribution in [2.75, 3.05) is 25.1 Å². The molecule has 1 atom stereocenters. The molecule has 1 heterocycles. The van der Waals surface area contributed by atoms with Crippen molar-refractivity contribution >= 4 is 11.5 Å². The summed E-state index contributed by atoms with van der Waals surface area (Å²) in [6.45, 7) is 8.77. The molecule has 1 saturated heterocycles. The monoisotopic (exact) mass is 291 g/mol. The predicted molar refractivity (Wildman–Crippen MR) is 85.3 cm³/mol. The molecule has 1 fully saturated rings. The zero-order chi connectivity index (χ0) is 15.6. The Morgan fingerprint density at radius 2 is 2.14 bits per heavy atom. The first-order valence-corrected chi connectivity index (χ1v) is 7.27. The number of nitrogens with zero attached hydrogens (tertiary/aromatic N) is 2. The highest BCUT2D eigenvalue weighted by Gasteiger charge is 2.33. The van der Waals surface area contributed by atoms with E-state index in [0.29, 0.717) is 5.92 Å². The third-order valence-electron chi connectivity index (χ3n) is 4.34. The second-order valence-electron chi connectivity index (χ2n) is 6.67. The first-order chi connectivity index (χ1) is 9.86. The minimum atomic E-state index is 0.131. The molecule has 0 spiro atoms. The Morgan fingerprint density at radius 1 is 1.43 bits per heavy atom. The molecule has 0 radical (unpaired) electrons. The Balaban J connectivity index is 2.34. The third kappa shape index (κ3) is 3.23. The quantitative estimate of drug-likeness (QED) is 0.389. The van der Waals surface area contributed by atoms with E-state index >= 15 is 0 Å². The average molecular weight is 291 g/mol. The second-order valence-corrected chi connectivity index (χ2v) is 6.67. The highest BCUT2D eigenvalue weighted by Crippen LogP contribution is 2.37. The van der Waals surface area contributed by atoms with Gasteiger partial charge in [-0.3, -0.25) is 0 Å². The molecular weight excluding hydrogens is 266 g/mol. The van der Waals surface area contributed by atoms with Gasteiger partial charge in [0, 0.05) is 24.7 Å². The molecule has 21 heavy (non-hydrogen) atoms. The smallest absolute Gasteiger partial charge is 0.172 e. The molecule has 0 bridgehead atoms. The Kier molecular flexibility index (Phi) is 4.30. The number of rotatable bonds is 3. The highest BCUT2D eigenvalue weighted by molar-refractivity contribution is 6.02. The number of methoxy groups -OCH3 is 1. The maximum Gasteiger partial charge on any atom is 0.172 e. The molecule has 1 aromatic rings. The first-order valence-electron chi connectivity index (χ1n) is 7.27. The van der Waals surface area contributed by atoms with Gasteiger partial charge < -0.3 is 20.6 Å². The van der Waals surface area contributed by atoms with Crippen molar-refractivity contribution in [1.29, 1.82) is 0 Å². The molecule has 0 aromatic heterocycles. The van der Waals surface area contributed by atoms with Crippen LogP contribution in [0, 0.1) is 11.3 Å². The van der Waals surface area contributed by atoms with Crippen LogP contribution in [0.15, 0.2) is 23.4 Å². The normalized spacial score (nSPS) is 19.9. The molecule has 1 aliphatic heterocycles. The number of ether oxygens (including phenoxy) is 1. The van der Waals surface area contributed by atoms with E-state index in [4.69, 9.17) is 15.7 Å². The molecular formula is C16H25N3O2. The SMILES string of the molecule is COc1ccc(/C(N)=N/O)c(N2CCC(C(C)(C)C)C2)c1. The first kappa shape index (κ1) is 15.5. The van der Waals surface area contributed by atoms with Gasteiger partial charge in [0.1, 0.15) is 5.75 Å². The van der Waals surface area contributed by atoms with Crippen LogP contribution < -0.4 is 15.4 Å². The number of benzene rings is 1. The molecule has 1 unspecified atom stereocenters. The number of oxime groups is 1. The maximum atomic E-state index is 8.98. The van der Waals surface area contributed by atoms with Crippen LogP contribution in [-0.4, -0.2) is 31.2 Å². The van der Waals surface area contributed by atoms with Crippen molar-refractivity contribution in [3.63, 3.8) is 0 Å². The summed E-state index contributed by atoms with van der Waals surface area (Å²) in [7, 11) is 1.64. The van der Waals surface area contributed by atoms with E-state index in [1.54, 1.807) is 7.11 Å². The molecule has 116 valence electrons. The number of hydrogen-bond donors (Lipinski definition) is 2. The lowest BCUT2D eigenvalue weighted by atomic mass is 9.80. The van der Waals surface area contributed by atoms with Gasteiger partial charge in [-0.2, -0.15) is 0 Å². The number of amidine groups is 1. The van der Waals surface area contributed by atoms with Crippen molar-refractivity contribution in [3.05, 3.63) is 23.8 Å². The Hall–Kier alpha value is -1.91. The average Bonchev–Trinajstić information content (AvgIpc) is 2.95. The van der Waals surface area contributed by atoms with Crippen molar-refractivity contribution in [3.8, 4) is 5.75 Å². The lowest BCUT2D eigenvalue weighted by Gasteiger charge is -2.28. The molecule has 0 amide bonds. The van der Waals surface area contributed by atoms with Crippen LogP contribution in [0.25, 0.3) is 0 Å². The second kappa shape index (κ2) is 5.84. The molecule has 3 N–H and O–H groups in total. The van der Waals surface area contributed by atoms with Gasteiger partial charge in [0.25, 0.3) is 0 Å². The lowest BCUT2D eigenvalue weighted by molar-refractivity contribution is 0.263. The Morgan fingerprint density at radius 3 is 2.67 bits per heavy atom. The van der Waals surface area contributed by atoms with Crippen molar-refractivity contribution in [2.24, 2.45) is 22.2 Å². The van der Waals surface area contributed by atoms with E-state index in [1.807, 2.05) is 18.2 Å². The topological polar surface area (TPSA) is 71.1 Å². The van der Waals surface area contributed by atoms with Crippen LogP contribution in [0.1, 0.15) is 32.8 Å². The van der Waals surface area contributed by atoms with Crippen LogP contribution >= 0.6 is 0 Å². The zero-order valence-electron chi connectivity index (χ0n) is 13.3. The van der Waals surface area contributed by atoms with E-state index in [9.17, 15) is 0 Å². The van der Waals surface area contributed by atoms with Gasteiger partial charge in [0.2, 0.25) is 0 Å². The summed E-state index contributed by atoms with van der Waals surface area (Å²) in [6, 6.07) is 5.63. The van der Waals surface area contributed by atoms with Crippen LogP contribution in [0.2, 0.25) is 0 Å². The van der Waals surface area contributed by atoms with E-state index in [-0.39, 0.29) is 11.3 Å². The summed E-state index contributed by atoms with van der Waals surface area (Å²) in [5, 5.41) is 12.1. The molecule has 5 nitrogen and oxygen atoms in total. The summed E-state index contributed by atoms with van der Waals surface area (Å²) in [5.41, 5.74) is 7.80. The summed E-state index contributed by atoms with van der Waals surface area (Å²) in [5.74, 6) is 1.54. The third-order valence-corrected chi connectivity index (χ3v) is 4.34. The minimum absolute atomic E-state index is 0.131.